The van der Waals surface area contributed by atoms with E-state index in [2.05, 4.69) is 240 Å². The zero-order valence-electron chi connectivity index (χ0n) is 38.5. The highest BCUT2D eigenvalue weighted by Crippen LogP contribution is 2.47. The van der Waals surface area contributed by atoms with Gasteiger partial charge in [-0.25, -0.2) is 0 Å². The Kier molecular flexibility index (Phi) is 8.46. The van der Waals surface area contributed by atoms with Crippen LogP contribution < -0.4 is 9.80 Å². The lowest BCUT2D eigenvalue weighted by Gasteiger charge is -2.27. The van der Waals surface area contributed by atoms with Gasteiger partial charge < -0.3 is 18.6 Å². The zero-order valence-corrected chi connectivity index (χ0v) is 40.1. The predicted octanol–water partition coefficient (Wildman–Crippen LogP) is 20.6. The van der Waals surface area contributed by atoms with E-state index in [1.165, 1.54) is 61.9 Å². The van der Waals surface area contributed by atoms with Crippen molar-refractivity contribution in [2.45, 2.75) is 0 Å². The Labute approximate surface area is 420 Å². The molecule has 0 aliphatic heterocycles. The van der Waals surface area contributed by atoms with E-state index in [1.54, 1.807) is 0 Å². The Bertz CT molecular complexity index is 4600. The molecule has 6 heteroatoms. The van der Waals surface area contributed by atoms with Gasteiger partial charge in [-0.15, -0.1) is 22.7 Å². The molecule has 0 unspecified atom stereocenters. The molecule has 0 amide bonds. The molecule has 0 N–H and O–H groups in total. The second kappa shape index (κ2) is 15.3. The van der Waals surface area contributed by atoms with Crippen molar-refractivity contribution in [1.29, 1.82) is 0 Å². The van der Waals surface area contributed by atoms with Crippen LogP contribution in [0.4, 0.5) is 34.1 Å². The highest BCUT2D eigenvalue weighted by atomic mass is 32.1. The number of fused-ring (bicyclic) bond motifs is 15. The van der Waals surface area contributed by atoms with Gasteiger partial charge >= 0.3 is 0 Å². The van der Waals surface area contributed by atoms with Gasteiger partial charge in [0.1, 0.15) is 22.3 Å². The molecule has 0 bridgehead atoms. The monoisotopic (exact) mass is 954 g/mol. The summed E-state index contributed by atoms with van der Waals surface area (Å²) in [6, 6.07) is 83.8. The molecule has 0 spiro atoms. The summed E-state index contributed by atoms with van der Waals surface area (Å²) in [4.78, 5) is 4.76. The van der Waals surface area contributed by atoms with E-state index in [9.17, 15) is 0 Å². The predicted molar refractivity (Wildman–Crippen MR) is 309 cm³/mol. The van der Waals surface area contributed by atoms with Gasteiger partial charge in [-0.3, -0.25) is 0 Å². The average Bonchev–Trinajstić information content (AvgIpc) is 4.19. The molecule has 4 aromatic heterocycles. The molecule has 336 valence electrons. The van der Waals surface area contributed by atoms with Crippen LogP contribution in [0, 0.1) is 0 Å². The Balaban J connectivity index is 0.822. The van der Waals surface area contributed by atoms with Gasteiger partial charge in [0.05, 0.1) is 11.4 Å². The van der Waals surface area contributed by atoms with Crippen LogP contribution in [0.25, 0.3) is 117 Å². The Morgan fingerprint density at radius 3 is 1.10 bits per heavy atom. The molecule has 0 aliphatic rings. The Morgan fingerprint density at radius 2 is 0.611 bits per heavy atom. The van der Waals surface area contributed by atoms with Gasteiger partial charge in [0.25, 0.3) is 0 Å². The standard InChI is InChI=1S/C66H38N2O2S2/c1-3-15-47-39(11-1)13-9-19-57(47)67(43-25-29-65-55(35-43)51-17-5-7-21-63(51)71-65)45-23-27-49-53-31-41-34-60-54(32-42(41)33-59(53)69-61(49)37-45)50-28-24-46(38-62(50)70-60)68(58-20-10-14-40-12-2-4-16-48(40)58)44-26-30-66-56(36-44)52-18-6-8-22-64(52)72-66/h1-38H. The van der Waals surface area contributed by atoms with Crippen LogP contribution in [0.3, 0.4) is 0 Å². The minimum atomic E-state index is 0.842. The van der Waals surface area contributed by atoms with Crippen molar-refractivity contribution in [2.75, 3.05) is 9.80 Å². The molecule has 0 fully saturated rings. The van der Waals surface area contributed by atoms with Crippen LogP contribution in [0.15, 0.2) is 239 Å². The van der Waals surface area contributed by atoms with Crippen LogP contribution in [-0.4, -0.2) is 0 Å². The van der Waals surface area contributed by atoms with Gasteiger partial charge in [-0.1, -0.05) is 109 Å². The van der Waals surface area contributed by atoms with Crippen LogP contribution >= 0.6 is 22.7 Å². The summed E-state index contributed by atoms with van der Waals surface area (Å²) in [5.74, 6) is 0. The lowest BCUT2D eigenvalue weighted by atomic mass is 10.0. The maximum atomic E-state index is 6.86. The van der Waals surface area contributed by atoms with Crippen molar-refractivity contribution >= 4 is 173 Å². The molecule has 72 heavy (non-hydrogen) atoms. The van der Waals surface area contributed by atoms with Crippen LogP contribution in [0.1, 0.15) is 0 Å². The molecule has 0 atom stereocenters. The molecule has 4 nitrogen and oxygen atoms in total. The minimum absolute atomic E-state index is 0.842. The lowest BCUT2D eigenvalue weighted by molar-refractivity contribution is 0.668. The maximum Gasteiger partial charge on any atom is 0.137 e. The fourth-order valence-electron chi connectivity index (χ4n) is 11.4. The maximum absolute atomic E-state index is 6.86. The van der Waals surface area contributed by atoms with E-state index < -0.39 is 0 Å². The minimum Gasteiger partial charge on any atom is -0.456 e. The number of furan rings is 2. The smallest absolute Gasteiger partial charge is 0.137 e. The third-order valence-electron chi connectivity index (χ3n) is 14.8. The second-order valence-electron chi connectivity index (χ2n) is 18.8. The van der Waals surface area contributed by atoms with Crippen molar-refractivity contribution in [3.63, 3.8) is 0 Å². The molecule has 0 radical (unpaired) electrons. The summed E-state index contributed by atoms with van der Waals surface area (Å²) in [7, 11) is 0. The first kappa shape index (κ1) is 39.9. The summed E-state index contributed by atoms with van der Waals surface area (Å²) in [5.41, 5.74) is 9.88. The molecule has 16 rings (SSSR count). The summed E-state index contributed by atoms with van der Waals surface area (Å²) in [5, 5.41) is 16.3. The molecule has 16 aromatic rings. The number of rotatable bonds is 6. The van der Waals surface area contributed by atoms with E-state index in [1.807, 2.05) is 22.7 Å². The Hall–Kier alpha value is -8.94. The highest BCUT2D eigenvalue weighted by Gasteiger charge is 2.22. The number of benzene rings is 12. The zero-order chi connectivity index (χ0) is 47.0. The molecule has 4 heterocycles. The van der Waals surface area contributed by atoms with Crippen molar-refractivity contribution in [1.82, 2.24) is 0 Å². The summed E-state index contributed by atoms with van der Waals surface area (Å²) in [6.45, 7) is 0. The van der Waals surface area contributed by atoms with Gasteiger partial charge in [0.15, 0.2) is 0 Å². The molecule has 0 saturated carbocycles. The number of anilines is 6. The van der Waals surface area contributed by atoms with Crippen molar-refractivity contribution in [2.24, 2.45) is 0 Å². The first-order valence-corrected chi connectivity index (χ1v) is 25.9. The van der Waals surface area contributed by atoms with E-state index in [-0.39, 0.29) is 0 Å². The molecule has 0 saturated heterocycles. The number of hydrogen-bond acceptors (Lipinski definition) is 6. The lowest BCUT2D eigenvalue weighted by Crippen LogP contribution is -2.10. The van der Waals surface area contributed by atoms with Crippen molar-refractivity contribution < 1.29 is 8.83 Å². The normalized spacial score (nSPS) is 12.2. The fourth-order valence-corrected chi connectivity index (χ4v) is 13.6. The van der Waals surface area contributed by atoms with Gasteiger partial charge in [-0.05, 0) is 131 Å². The van der Waals surface area contributed by atoms with E-state index in [0.29, 0.717) is 0 Å². The summed E-state index contributed by atoms with van der Waals surface area (Å²) >= 11 is 3.68. The van der Waals surface area contributed by atoms with Crippen LogP contribution in [0.5, 0.6) is 0 Å². The quantitative estimate of drug-likeness (QED) is 0.166. The number of hydrogen-bond donors (Lipinski definition) is 0. The van der Waals surface area contributed by atoms with Gasteiger partial charge in [0.2, 0.25) is 0 Å². The highest BCUT2D eigenvalue weighted by molar-refractivity contribution is 7.26. The average molecular weight is 955 g/mol. The first-order chi connectivity index (χ1) is 35.6. The molecule has 12 aromatic carbocycles. The van der Waals surface area contributed by atoms with Crippen LogP contribution in [-0.2, 0) is 0 Å². The van der Waals surface area contributed by atoms with E-state index in [0.717, 1.165) is 88.8 Å². The molecular weight excluding hydrogens is 917 g/mol. The third kappa shape index (κ3) is 6.03. The topological polar surface area (TPSA) is 32.8 Å². The SMILES string of the molecule is c1ccc2c(N(c3ccc4c(c3)oc3cc5cc6c(cc5cc34)oc3cc(N(c4ccc5sc7ccccc7c5c4)c4cccc5ccccc45)ccc36)c3ccc4sc5ccccc5c4c3)cccc2c1. The van der Waals surface area contributed by atoms with Crippen molar-refractivity contribution in [3.8, 4) is 0 Å². The van der Waals surface area contributed by atoms with Gasteiger partial charge in [0, 0.05) is 108 Å². The Morgan fingerprint density at radius 1 is 0.236 bits per heavy atom. The van der Waals surface area contributed by atoms with Crippen molar-refractivity contribution in [3.05, 3.63) is 231 Å². The second-order valence-corrected chi connectivity index (χ2v) is 21.0. The largest absolute Gasteiger partial charge is 0.456 e. The van der Waals surface area contributed by atoms with Crippen LogP contribution in [0.2, 0.25) is 0 Å². The fraction of sp³-hybridized carbons (Fsp3) is 0. The summed E-state index contributed by atoms with van der Waals surface area (Å²) in [6.07, 6.45) is 0. The third-order valence-corrected chi connectivity index (χ3v) is 17.1. The number of thiophene rings is 2. The van der Waals surface area contributed by atoms with Gasteiger partial charge in [-0.2, -0.15) is 0 Å². The summed E-state index contributed by atoms with van der Waals surface area (Å²) < 4.78 is 18.9. The van der Waals surface area contributed by atoms with E-state index in [4.69, 9.17) is 8.83 Å². The molecule has 0 aliphatic carbocycles. The van der Waals surface area contributed by atoms with E-state index >= 15 is 0 Å². The number of nitrogens with zero attached hydrogens (tertiary/aromatic N) is 2. The first-order valence-electron chi connectivity index (χ1n) is 24.3. The molecular formula is C66H38N2O2S2.